The van der Waals surface area contributed by atoms with Gasteiger partial charge in [0.1, 0.15) is 0 Å². The minimum atomic E-state index is -0.0243. The van der Waals surface area contributed by atoms with E-state index in [2.05, 4.69) is 18.5 Å². The summed E-state index contributed by atoms with van der Waals surface area (Å²) in [7, 11) is 1.85. The summed E-state index contributed by atoms with van der Waals surface area (Å²) < 4.78 is 0. The second kappa shape index (κ2) is 6.02. The monoisotopic (exact) mass is 194 g/mol. The van der Waals surface area contributed by atoms with Gasteiger partial charge in [-0.2, -0.15) is 0 Å². The molecule has 1 amide bonds. The van der Waals surface area contributed by atoms with E-state index in [1.165, 1.54) is 0 Å². The predicted molar refractivity (Wildman–Crippen MR) is 59.5 cm³/mol. The van der Waals surface area contributed by atoms with E-state index in [1.54, 1.807) is 6.08 Å². The number of nitrogens with one attached hydrogen (secondary N) is 1. The fourth-order valence-corrected chi connectivity index (χ4v) is 1.14. The number of allylic oxidation sites excluding steroid dienone is 2. The van der Waals surface area contributed by atoms with Crippen molar-refractivity contribution < 1.29 is 4.79 Å². The average Bonchev–Trinajstić information content (AvgIpc) is 2.14. The molecule has 0 bridgehead atoms. The molecule has 0 aliphatic carbocycles. The van der Waals surface area contributed by atoms with E-state index in [4.69, 9.17) is 0 Å². The van der Waals surface area contributed by atoms with Gasteiger partial charge in [-0.1, -0.05) is 33.1 Å². The number of likely N-dealkylation sites (N-methyl/N-ethyl adjacent to an activating group) is 1. The number of hydrogen-bond donors (Lipinski definition) is 1. The Kier molecular flexibility index (Phi) is 5.37. The highest BCUT2D eigenvalue weighted by Gasteiger charge is 2.18. The first-order valence-corrected chi connectivity index (χ1v) is 4.68. The van der Waals surface area contributed by atoms with Gasteiger partial charge in [-0.15, -0.1) is 0 Å². The van der Waals surface area contributed by atoms with E-state index in [0.717, 1.165) is 5.70 Å². The summed E-state index contributed by atoms with van der Waals surface area (Å²) in [6.45, 7) is 11.7. The van der Waals surface area contributed by atoms with Crippen LogP contribution in [0.25, 0.3) is 0 Å². The lowest BCUT2D eigenvalue weighted by Crippen LogP contribution is -2.42. The molecule has 3 heteroatoms. The standard InChI is InChI=1S/C9H12N2O.C2H6/c1-4-5-8-7(2)10-9(12)6-11(8)3;1-2/h4-5H,1-2,6H2,3H3,(H,10,12);1-2H3/b8-5+;. The van der Waals surface area contributed by atoms with Crippen LogP contribution in [0.2, 0.25) is 0 Å². The van der Waals surface area contributed by atoms with Crippen LogP contribution in [-0.2, 0) is 4.79 Å². The summed E-state index contributed by atoms with van der Waals surface area (Å²) in [5.41, 5.74) is 1.54. The van der Waals surface area contributed by atoms with Gasteiger partial charge in [0.15, 0.2) is 0 Å². The second-order valence-electron chi connectivity index (χ2n) is 2.67. The van der Waals surface area contributed by atoms with Crippen molar-refractivity contribution in [3.8, 4) is 0 Å². The number of hydrogen-bond acceptors (Lipinski definition) is 2. The summed E-state index contributed by atoms with van der Waals surface area (Å²) >= 11 is 0. The zero-order valence-electron chi connectivity index (χ0n) is 9.13. The lowest BCUT2D eigenvalue weighted by molar-refractivity contribution is -0.121. The molecule has 1 heterocycles. The van der Waals surface area contributed by atoms with Crippen LogP contribution in [0.15, 0.2) is 36.7 Å². The predicted octanol–water partition coefficient (Wildman–Crippen LogP) is 1.66. The number of rotatable bonds is 1. The van der Waals surface area contributed by atoms with Crippen molar-refractivity contribution >= 4 is 5.91 Å². The number of piperazine rings is 1. The number of nitrogens with zero attached hydrogens (tertiary/aromatic N) is 1. The average molecular weight is 194 g/mol. The van der Waals surface area contributed by atoms with Crippen LogP contribution < -0.4 is 5.32 Å². The molecule has 0 atom stereocenters. The van der Waals surface area contributed by atoms with Gasteiger partial charge >= 0.3 is 0 Å². The molecule has 1 aliphatic heterocycles. The van der Waals surface area contributed by atoms with Gasteiger partial charge in [0.05, 0.1) is 17.9 Å². The fraction of sp³-hybridized carbons (Fsp3) is 0.364. The zero-order valence-corrected chi connectivity index (χ0v) is 9.13. The molecule has 0 unspecified atom stereocenters. The second-order valence-corrected chi connectivity index (χ2v) is 2.67. The first kappa shape index (κ1) is 12.5. The molecule has 14 heavy (non-hydrogen) atoms. The highest BCUT2D eigenvalue weighted by molar-refractivity contribution is 5.82. The van der Waals surface area contributed by atoms with Gasteiger partial charge in [-0.25, -0.2) is 0 Å². The summed E-state index contributed by atoms with van der Waals surface area (Å²) in [5, 5.41) is 2.65. The summed E-state index contributed by atoms with van der Waals surface area (Å²) in [5.74, 6) is -0.0243. The van der Waals surface area contributed by atoms with Crippen LogP contribution in [0.1, 0.15) is 13.8 Å². The van der Waals surface area contributed by atoms with E-state index >= 15 is 0 Å². The Morgan fingerprint density at radius 1 is 1.50 bits per heavy atom. The highest BCUT2D eigenvalue weighted by Crippen LogP contribution is 2.13. The van der Waals surface area contributed by atoms with Crippen molar-refractivity contribution in [2.45, 2.75) is 13.8 Å². The minimum absolute atomic E-state index is 0.0243. The first-order valence-electron chi connectivity index (χ1n) is 4.68. The van der Waals surface area contributed by atoms with E-state index in [-0.39, 0.29) is 5.91 Å². The number of carbonyl (C=O) groups is 1. The lowest BCUT2D eigenvalue weighted by atomic mass is 10.2. The van der Waals surface area contributed by atoms with Crippen LogP contribution in [-0.4, -0.2) is 24.4 Å². The Hall–Kier alpha value is -1.51. The van der Waals surface area contributed by atoms with E-state index < -0.39 is 0 Å². The topological polar surface area (TPSA) is 32.3 Å². The third-order valence-electron chi connectivity index (χ3n) is 1.67. The Balaban J connectivity index is 0.000000791. The third-order valence-corrected chi connectivity index (χ3v) is 1.67. The highest BCUT2D eigenvalue weighted by atomic mass is 16.2. The van der Waals surface area contributed by atoms with E-state index in [1.807, 2.05) is 31.9 Å². The Bertz CT molecular complexity index is 266. The molecule has 0 spiro atoms. The molecule has 0 aromatic carbocycles. The van der Waals surface area contributed by atoms with Crippen molar-refractivity contribution in [3.05, 3.63) is 36.7 Å². The Morgan fingerprint density at radius 2 is 2.07 bits per heavy atom. The van der Waals surface area contributed by atoms with E-state index in [9.17, 15) is 4.79 Å². The van der Waals surface area contributed by atoms with Crippen LogP contribution >= 0.6 is 0 Å². The van der Waals surface area contributed by atoms with Gasteiger partial charge in [0.2, 0.25) is 5.91 Å². The van der Waals surface area contributed by atoms with Gasteiger partial charge in [0, 0.05) is 7.05 Å². The zero-order chi connectivity index (χ0) is 11.1. The van der Waals surface area contributed by atoms with Crippen molar-refractivity contribution in [1.29, 1.82) is 0 Å². The van der Waals surface area contributed by atoms with Gasteiger partial charge in [-0.05, 0) is 6.08 Å². The maximum Gasteiger partial charge on any atom is 0.243 e. The van der Waals surface area contributed by atoms with Crippen LogP contribution in [0.4, 0.5) is 0 Å². The molecular weight excluding hydrogens is 176 g/mol. The molecule has 1 fully saturated rings. The molecule has 1 saturated heterocycles. The Labute approximate surface area is 85.8 Å². The summed E-state index contributed by atoms with van der Waals surface area (Å²) in [6.07, 6.45) is 3.50. The van der Waals surface area contributed by atoms with Crippen molar-refractivity contribution in [3.63, 3.8) is 0 Å². The van der Waals surface area contributed by atoms with Gasteiger partial charge in [-0.3, -0.25) is 4.79 Å². The molecule has 1 rings (SSSR count). The van der Waals surface area contributed by atoms with Gasteiger partial charge in [0.25, 0.3) is 0 Å². The van der Waals surface area contributed by atoms with E-state index in [0.29, 0.717) is 12.2 Å². The third kappa shape index (κ3) is 3.09. The maximum absolute atomic E-state index is 11.0. The van der Waals surface area contributed by atoms with Crippen molar-refractivity contribution in [2.24, 2.45) is 0 Å². The molecule has 78 valence electrons. The summed E-state index contributed by atoms with van der Waals surface area (Å²) in [6, 6.07) is 0. The number of carbonyl (C=O) groups excluding carboxylic acids is 1. The summed E-state index contributed by atoms with van der Waals surface area (Å²) in [4.78, 5) is 12.8. The molecule has 0 saturated carbocycles. The fourth-order valence-electron chi connectivity index (χ4n) is 1.14. The lowest BCUT2D eigenvalue weighted by Gasteiger charge is -2.28. The largest absolute Gasteiger partial charge is 0.364 e. The van der Waals surface area contributed by atoms with Crippen LogP contribution in [0.3, 0.4) is 0 Å². The quantitative estimate of drug-likeness (QED) is 0.688. The normalized spacial score (nSPS) is 18.5. The molecule has 0 radical (unpaired) electrons. The Morgan fingerprint density at radius 3 is 2.50 bits per heavy atom. The van der Waals surface area contributed by atoms with Crippen LogP contribution in [0.5, 0.6) is 0 Å². The maximum atomic E-state index is 11.0. The molecule has 1 N–H and O–H groups in total. The molecular formula is C11H18N2O. The van der Waals surface area contributed by atoms with Crippen molar-refractivity contribution in [2.75, 3.05) is 13.6 Å². The van der Waals surface area contributed by atoms with Gasteiger partial charge < -0.3 is 10.2 Å². The smallest absolute Gasteiger partial charge is 0.243 e. The molecule has 3 nitrogen and oxygen atoms in total. The molecule has 1 aliphatic rings. The van der Waals surface area contributed by atoms with Crippen LogP contribution in [0, 0.1) is 0 Å². The number of amides is 1. The SMILES string of the molecule is C=C/C=C1\C(=C)NC(=O)CN1C.CC. The molecule has 0 aromatic heterocycles. The van der Waals surface area contributed by atoms with Crippen molar-refractivity contribution in [1.82, 2.24) is 10.2 Å². The molecule has 0 aromatic rings. The first-order chi connectivity index (χ1) is 6.65. The minimum Gasteiger partial charge on any atom is -0.364 e.